The van der Waals surface area contributed by atoms with E-state index in [9.17, 15) is 24.3 Å². The molecular formula is C36H53N3O7. The molecule has 0 radical (unpaired) electrons. The Balaban J connectivity index is 2.62. The zero-order valence-electron chi connectivity index (χ0n) is 29.1. The maximum Gasteiger partial charge on any atom is 0.408 e. The van der Waals surface area contributed by atoms with Crippen molar-refractivity contribution in [3.63, 3.8) is 0 Å². The molecule has 254 valence electrons. The molecule has 0 aliphatic carbocycles. The summed E-state index contributed by atoms with van der Waals surface area (Å²) in [5.41, 5.74) is 1.44. The lowest BCUT2D eigenvalue weighted by molar-refractivity contribution is -0.159. The van der Waals surface area contributed by atoms with Gasteiger partial charge in [-0.05, 0) is 78.9 Å². The standard InChI is InChI=1S/C36H53N3O7/c1-23(2)18-28(38-34(44)46-36(8,9)10)32(42)39(16-17-40)30(27-20-24(3)19-25(4)21-27)31(41)37-29(33(43)45-35(5,6)7)22-26-14-12-11-13-15-26/h11-15,19-21,23,28-30,40H,16-18,22H2,1-10H3,(H,37,41)(H,38,44). The van der Waals surface area contributed by atoms with Crippen LogP contribution in [0.3, 0.4) is 0 Å². The highest BCUT2D eigenvalue weighted by atomic mass is 16.6. The van der Waals surface area contributed by atoms with Gasteiger partial charge in [-0.15, -0.1) is 0 Å². The summed E-state index contributed by atoms with van der Waals surface area (Å²) in [6.45, 7) is 17.4. The van der Waals surface area contributed by atoms with Crippen LogP contribution in [0.5, 0.6) is 0 Å². The Bertz CT molecular complexity index is 1310. The molecule has 0 fully saturated rings. The van der Waals surface area contributed by atoms with Gasteiger partial charge in [0.1, 0.15) is 29.3 Å². The van der Waals surface area contributed by atoms with E-state index in [1.807, 2.05) is 64.1 Å². The fourth-order valence-electron chi connectivity index (χ4n) is 5.12. The lowest BCUT2D eigenvalue weighted by atomic mass is 9.96. The molecule has 3 amide bonds. The number of hydrogen-bond acceptors (Lipinski definition) is 7. The zero-order chi connectivity index (χ0) is 34.8. The average molecular weight is 640 g/mol. The number of nitrogens with one attached hydrogen (secondary N) is 2. The molecule has 0 bridgehead atoms. The van der Waals surface area contributed by atoms with Gasteiger partial charge in [-0.1, -0.05) is 73.5 Å². The highest BCUT2D eigenvalue weighted by Gasteiger charge is 2.38. The SMILES string of the molecule is Cc1cc(C)cc(C(C(=O)NC(Cc2ccccc2)C(=O)OC(C)(C)C)N(CCO)C(=O)C(CC(C)C)NC(=O)OC(C)(C)C)c1. The zero-order valence-corrected chi connectivity index (χ0v) is 29.1. The topological polar surface area (TPSA) is 134 Å². The third-order valence-electron chi connectivity index (χ3n) is 6.73. The molecule has 0 spiro atoms. The predicted molar refractivity (Wildman–Crippen MR) is 178 cm³/mol. The van der Waals surface area contributed by atoms with Crippen LogP contribution in [-0.2, 0) is 30.3 Å². The van der Waals surface area contributed by atoms with Crippen molar-refractivity contribution in [3.05, 3.63) is 70.8 Å². The first-order chi connectivity index (χ1) is 21.3. The van der Waals surface area contributed by atoms with Gasteiger partial charge in [-0.3, -0.25) is 9.59 Å². The number of aliphatic hydroxyl groups is 1. The largest absolute Gasteiger partial charge is 0.458 e. The molecule has 0 saturated carbocycles. The first kappa shape index (κ1) is 38.3. The molecule has 0 heterocycles. The number of aryl methyl sites for hydroxylation is 2. The summed E-state index contributed by atoms with van der Waals surface area (Å²) in [7, 11) is 0. The second kappa shape index (κ2) is 16.6. The highest BCUT2D eigenvalue weighted by molar-refractivity contribution is 5.94. The van der Waals surface area contributed by atoms with Crippen molar-refractivity contribution in [3.8, 4) is 0 Å². The fourth-order valence-corrected chi connectivity index (χ4v) is 5.12. The van der Waals surface area contributed by atoms with Gasteiger partial charge in [-0.25, -0.2) is 9.59 Å². The number of alkyl carbamates (subject to hydrolysis) is 1. The maximum absolute atomic E-state index is 14.4. The number of benzene rings is 2. The average Bonchev–Trinajstić information content (AvgIpc) is 2.89. The van der Waals surface area contributed by atoms with Crippen LogP contribution >= 0.6 is 0 Å². The smallest absolute Gasteiger partial charge is 0.408 e. The fraction of sp³-hybridized carbons (Fsp3) is 0.556. The third kappa shape index (κ3) is 12.8. The Morgan fingerprint density at radius 2 is 1.39 bits per heavy atom. The van der Waals surface area contributed by atoms with Gasteiger partial charge < -0.3 is 30.1 Å². The number of carbonyl (C=O) groups is 4. The lowest BCUT2D eigenvalue weighted by Gasteiger charge is -2.35. The molecule has 0 aromatic heterocycles. The normalized spacial score (nSPS) is 13.7. The molecule has 2 rings (SSSR count). The molecule has 3 atom stereocenters. The molecule has 0 aliphatic rings. The highest BCUT2D eigenvalue weighted by Crippen LogP contribution is 2.26. The van der Waals surface area contributed by atoms with E-state index >= 15 is 0 Å². The van der Waals surface area contributed by atoms with Crippen LogP contribution < -0.4 is 10.6 Å². The minimum Gasteiger partial charge on any atom is -0.458 e. The summed E-state index contributed by atoms with van der Waals surface area (Å²) < 4.78 is 11.1. The van der Waals surface area contributed by atoms with Crippen molar-refractivity contribution in [1.29, 1.82) is 0 Å². The van der Waals surface area contributed by atoms with E-state index in [-0.39, 0.29) is 25.3 Å². The van der Waals surface area contributed by atoms with E-state index < -0.39 is 59.8 Å². The minimum atomic E-state index is -1.24. The third-order valence-corrected chi connectivity index (χ3v) is 6.73. The first-order valence-electron chi connectivity index (χ1n) is 15.9. The van der Waals surface area contributed by atoms with Crippen LogP contribution in [-0.4, -0.2) is 70.3 Å². The van der Waals surface area contributed by atoms with Crippen LogP contribution in [0.1, 0.15) is 90.1 Å². The first-order valence-corrected chi connectivity index (χ1v) is 15.9. The molecule has 2 aromatic carbocycles. The Hall–Kier alpha value is -3.92. The predicted octanol–water partition coefficient (Wildman–Crippen LogP) is 5.17. The second-order valence-electron chi connectivity index (χ2n) is 14.2. The van der Waals surface area contributed by atoms with Gasteiger partial charge in [0, 0.05) is 13.0 Å². The molecule has 2 aromatic rings. The van der Waals surface area contributed by atoms with Crippen LogP contribution in [0.2, 0.25) is 0 Å². The molecule has 3 N–H and O–H groups in total. The van der Waals surface area contributed by atoms with Crippen LogP contribution in [0.4, 0.5) is 4.79 Å². The number of aliphatic hydroxyl groups excluding tert-OH is 1. The van der Waals surface area contributed by atoms with Gasteiger partial charge >= 0.3 is 12.1 Å². The van der Waals surface area contributed by atoms with Crippen LogP contribution in [0, 0.1) is 19.8 Å². The summed E-state index contributed by atoms with van der Waals surface area (Å²) in [6.07, 6.45) is -0.350. The van der Waals surface area contributed by atoms with Crippen molar-refractivity contribution in [2.45, 2.75) is 111 Å². The van der Waals surface area contributed by atoms with E-state index in [2.05, 4.69) is 10.6 Å². The molecule has 10 nitrogen and oxygen atoms in total. The van der Waals surface area contributed by atoms with Gasteiger partial charge in [0.2, 0.25) is 11.8 Å². The Morgan fingerprint density at radius 3 is 1.89 bits per heavy atom. The monoisotopic (exact) mass is 639 g/mol. The van der Waals surface area contributed by atoms with Gasteiger partial charge in [0.05, 0.1) is 6.61 Å². The van der Waals surface area contributed by atoms with Crippen molar-refractivity contribution < 1.29 is 33.8 Å². The summed E-state index contributed by atoms with van der Waals surface area (Å²) >= 11 is 0. The Labute approximate surface area is 274 Å². The van der Waals surface area contributed by atoms with Crippen molar-refractivity contribution >= 4 is 23.9 Å². The van der Waals surface area contributed by atoms with Gasteiger partial charge in [0.15, 0.2) is 0 Å². The minimum absolute atomic E-state index is 0.00391. The molecule has 0 saturated heterocycles. The van der Waals surface area contributed by atoms with E-state index in [0.717, 1.165) is 16.7 Å². The summed E-state index contributed by atoms with van der Waals surface area (Å²) in [5.74, 6) is -1.81. The van der Waals surface area contributed by atoms with Crippen molar-refractivity contribution in [1.82, 2.24) is 15.5 Å². The molecule has 46 heavy (non-hydrogen) atoms. The van der Waals surface area contributed by atoms with E-state index in [0.29, 0.717) is 5.56 Å². The van der Waals surface area contributed by atoms with E-state index in [1.54, 1.807) is 53.7 Å². The number of carbonyl (C=O) groups excluding carboxylic acids is 4. The number of ether oxygens (including phenoxy) is 2. The van der Waals surface area contributed by atoms with Crippen LogP contribution in [0.25, 0.3) is 0 Å². The van der Waals surface area contributed by atoms with E-state index in [4.69, 9.17) is 9.47 Å². The van der Waals surface area contributed by atoms with Crippen molar-refractivity contribution in [2.24, 2.45) is 5.92 Å². The summed E-state index contributed by atoms with van der Waals surface area (Å²) in [5, 5.41) is 15.7. The van der Waals surface area contributed by atoms with Crippen molar-refractivity contribution in [2.75, 3.05) is 13.2 Å². The number of nitrogens with zero attached hydrogens (tertiary/aromatic N) is 1. The molecular weight excluding hydrogens is 586 g/mol. The van der Waals surface area contributed by atoms with E-state index in [1.165, 1.54) is 4.90 Å². The second-order valence-corrected chi connectivity index (χ2v) is 14.2. The van der Waals surface area contributed by atoms with Gasteiger partial charge in [0.25, 0.3) is 0 Å². The number of hydrogen-bond donors (Lipinski definition) is 3. The summed E-state index contributed by atoms with van der Waals surface area (Å²) in [6, 6.07) is 11.4. The van der Waals surface area contributed by atoms with Gasteiger partial charge in [-0.2, -0.15) is 0 Å². The molecule has 10 heteroatoms. The summed E-state index contributed by atoms with van der Waals surface area (Å²) in [4.78, 5) is 56.3. The Kier molecular flexibility index (Phi) is 13.8. The number of amides is 3. The number of rotatable bonds is 13. The molecule has 3 unspecified atom stereocenters. The number of esters is 1. The molecule has 0 aliphatic heterocycles. The lowest BCUT2D eigenvalue weighted by Crippen LogP contribution is -2.55. The van der Waals surface area contributed by atoms with Crippen LogP contribution in [0.15, 0.2) is 48.5 Å². The Morgan fingerprint density at radius 1 is 0.826 bits per heavy atom. The maximum atomic E-state index is 14.4. The quantitative estimate of drug-likeness (QED) is 0.257.